The van der Waals surface area contributed by atoms with Gasteiger partial charge in [0, 0.05) is 38.3 Å². The van der Waals surface area contributed by atoms with Crippen molar-refractivity contribution in [3.63, 3.8) is 0 Å². The molecule has 0 spiro atoms. The first-order valence-electron chi connectivity index (χ1n) is 7.87. The highest BCUT2D eigenvalue weighted by atomic mass is 16.2. The molecule has 1 amide bonds. The third-order valence-corrected chi connectivity index (χ3v) is 4.41. The first-order valence-corrected chi connectivity index (χ1v) is 7.87. The summed E-state index contributed by atoms with van der Waals surface area (Å²) in [4.78, 5) is 17.1. The Morgan fingerprint density at radius 1 is 1.05 bits per heavy atom. The Bertz CT molecular complexity index is 290. The highest BCUT2D eigenvalue weighted by molar-refractivity contribution is 5.81. The Morgan fingerprint density at radius 2 is 1.58 bits per heavy atom. The molecule has 2 heterocycles. The summed E-state index contributed by atoms with van der Waals surface area (Å²) in [7, 11) is 0. The molecule has 2 aliphatic rings. The average Bonchev–Trinajstić information content (AvgIpc) is 2.64. The highest BCUT2D eigenvalue weighted by Crippen LogP contribution is 2.15. The van der Waals surface area contributed by atoms with Gasteiger partial charge in [-0.2, -0.15) is 0 Å². The zero-order valence-corrected chi connectivity index (χ0v) is 12.7. The smallest absolute Gasteiger partial charge is 0.239 e. The predicted molar refractivity (Wildman–Crippen MR) is 78.1 cm³/mol. The molecule has 0 aliphatic carbocycles. The van der Waals surface area contributed by atoms with Gasteiger partial charge in [-0.05, 0) is 33.6 Å². The number of likely N-dealkylation sites (tertiary alicyclic amines) is 1. The third-order valence-electron chi connectivity index (χ3n) is 4.41. The van der Waals surface area contributed by atoms with Gasteiger partial charge < -0.3 is 10.2 Å². The van der Waals surface area contributed by atoms with Gasteiger partial charge in [-0.1, -0.05) is 12.8 Å². The Labute approximate surface area is 117 Å². The minimum Gasteiger partial charge on any atom is -0.341 e. The lowest BCUT2D eigenvalue weighted by atomic mass is 10.1. The van der Waals surface area contributed by atoms with Crippen LogP contribution in [0.1, 0.15) is 46.5 Å². The van der Waals surface area contributed by atoms with Crippen LogP contribution in [0.15, 0.2) is 0 Å². The van der Waals surface area contributed by atoms with Crippen LogP contribution in [0.4, 0.5) is 0 Å². The van der Waals surface area contributed by atoms with E-state index in [0.29, 0.717) is 18.0 Å². The highest BCUT2D eigenvalue weighted by Gasteiger charge is 2.30. The van der Waals surface area contributed by atoms with Crippen molar-refractivity contribution in [2.75, 3.05) is 26.2 Å². The number of hydrogen-bond acceptors (Lipinski definition) is 3. The van der Waals surface area contributed by atoms with E-state index in [1.54, 1.807) is 0 Å². The van der Waals surface area contributed by atoms with E-state index >= 15 is 0 Å². The number of hydrogen-bond donors (Lipinski definition) is 1. The van der Waals surface area contributed by atoms with Crippen LogP contribution >= 0.6 is 0 Å². The van der Waals surface area contributed by atoms with Crippen LogP contribution in [0.2, 0.25) is 0 Å². The van der Waals surface area contributed by atoms with E-state index in [4.69, 9.17) is 0 Å². The van der Waals surface area contributed by atoms with Gasteiger partial charge in [-0.25, -0.2) is 0 Å². The van der Waals surface area contributed by atoms with Crippen molar-refractivity contribution in [3.05, 3.63) is 0 Å². The Hall–Kier alpha value is -0.610. The largest absolute Gasteiger partial charge is 0.341 e. The van der Waals surface area contributed by atoms with Crippen LogP contribution in [0.3, 0.4) is 0 Å². The van der Waals surface area contributed by atoms with Crippen molar-refractivity contribution in [2.24, 2.45) is 0 Å². The fourth-order valence-corrected chi connectivity index (χ4v) is 3.40. The van der Waals surface area contributed by atoms with Crippen LogP contribution in [0, 0.1) is 0 Å². The zero-order chi connectivity index (χ0) is 13.8. The number of amides is 1. The van der Waals surface area contributed by atoms with E-state index in [1.807, 2.05) is 0 Å². The molecule has 1 N–H and O–H groups in total. The molecule has 0 aromatic rings. The van der Waals surface area contributed by atoms with Crippen LogP contribution in [0.25, 0.3) is 0 Å². The molecule has 2 saturated heterocycles. The van der Waals surface area contributed by atoms with Gasteiger partial charge in [-0.15, -0.1) is 0 Å². The number of carbonyl (C=O) groups excluding carboxylic acids is 1. The molecule has 2 rings (SSSR count). The molecular formula is C15H29N3O. The van der Waals surface area contributed by atoms with Gasteiger partial charge in [0.2, 0.25) is 5.91 Å². The molecule has 0 aromatic carbocycles. The third kappa shape index (κ3) is 3.93. The van der Waals surface area contributed by atoms with Crippen LogP contribution in [0.5, 0.6) is 0 Å². The van der Waals surface area contributed by atoms with Crippen LogP contribution in [-0.4, -0.2) is 60.0 Å². The van der Waals surface area contributed by atoms with Gasteiger partial charge in [0.25, 0.3) is 0 Å². The molecule has 0 bridgehead atoms. The molecule has 0 aromatic heterocycles. The number of nitrogens with one attached hydrogen (secondary N) is 1. The molecule has 110 valence electrons. The second kappa shape index (κ2) is 6.71. The minimum atomic E-state index is 0.0325. The summed E-state index contributed by atoms with van der Waals surface area (Å²) in [5.41, 5.74) is 0. The van der Waals surface area contributed by atoms with E-state index in [-0.39, 0.29) is 6.04 Å². The Balaban J connectivity index is 1.93. The van der Waals surface area contributed by atoms with E-state index in [2.05, 4.69) is 35.9 Å². The van der Waals surface area contributed by atoms with Crippen molar-refractivity contribution < 1.29 is 4.79 Å². The average molecular weight is 267 g/mol. The van der Waals surface area contributed by atoms with Crippen molar-refractivity contribution >= 4 is 5.91 Å². The van der Waals surface area contributed by atoms with Gasteiger partial charge in [0.1, 0.15) is 0 Å². The normalized spacial score (nSPS) is 31.8. The van der Waals surface area contributed by atoms with Gasteiger partial charge >= 0.3 is 0 Å². The molecule has 3 atom stereocenters. The monoisotopic (exact) mass is 267 g/mol. The topological polar surface area (TPSA) is 35.6 Å². The first kappa shape index (κ1) is 14.8. The molecule has 2 fully saturated rings. The van der Waals surface area contributed by atoms with Crippen LogP contribution in [-0.2, 0) is 4.79 Å². The fourth-order valence-electron chi connectivity index (χ4n) is 3.40. The Morgan fingerprint density at radius 3 is 2.11 bits per heavy atom. The number of piperazine rings is 1. The summed E-state index contributed by atoms with van der Waals surface area (Å²) in [6.45, 7) is 10.4. The van der Waals surface area contributed by atoms with Gasteiger partial charge in [0.05, 0.1) is 6.04 Å². The maximum absolute atomic E-state index is 12.6. The lowest BCUT2D eigenvalue weighted by molar-refractivity contribution is -0.137. The predicted octanol–water partition coefficient (Wildman–Crippen LogP) is 1.46. The molecule has 2 aliphatic heterocycles. The SMILES string of the molecule is CC1CN(C(C)C(=O)N2CCCCCC2)CC(C)N1. The van der Waals surface area contributed by atoms with E-state index < -0.39 is 0 Å². The molecule has 0 saturated carbocycles. The second-order valence-electron chi connectivity index (χ2n) is 6.34. The Kier molecular flexibility index (Phi) is 5.22. The summed E-state index contributed by atoms with van der Waals surface area (Å²) in [5.74, 6) is 0.336. The van der Waals surface area contributed by atoms with Crippen molar-refractivity contribution in [3.8, 4) is 0 Å². The first-order chi connectivity index (χ1) is 9.08. The number of nitrogens with zero attached hydrogens (tertiary/aromatic N) is 2. The lowest BCUT2D eigenvalue weighted by Crippen LogP contribution is -2.59. The van der Waals surface area contributed by atoms with E-state index in [0.717, 1.165) is 26.2 Å². The second-order valence-corrected chi connectivity index (χ2v) is 6.34. The van der Waals surface area contributed by atoms with Gasteiger partial charge in [0.15, 0.2) is 0 Å². The fraction of sp³-hybridized carbons (Fsp3) is 0.933. The molecule has 4 heteroatoms. The summed E-state index contributed by atoms with van der Waals surface area (Å²) in [6, 6.07) is 0.983. The van der Waals surface area contributed by atoms with Crippen molar-refractivity contribution in [2.45, 2.75) is 64.6 Å². The van der Waals surface area contributed by atoms with E-state index in [1.165, 1.54) is 25.7 Å². The summed E-state index contributed by atoms with van der Waals surface area (Å²) >= 11 is 0. The van der Waals surface area contributed by atoms with Gasteiger partial charge in [-0.3, -0.25) is 9.69 Å². The summed E-state index contributed by atoms with van der Waals surface area (Å²) in [6.07, 6.45) is 4.90. The molecular weight excluding hydrogens is 238 g/mol. The van der Waals surface area contributed by atoms with Crippen molar-refractivity contribution in [1.29, 1.82) is 0 Å². The van der Waals surface area contributed by atoms with E-state index in [9.17, 15) is 4.79 Å². The lowest BCUT2D eigenvalue weighted by Gasteiger charge is -2.40. The minimum absolute atomic E-state index is 0.0325. The summed E-state index contributed by atoms with van der Waals surface area (Å²) < 4.78 is 0. The molecule has 4 nitrogen and oxygen atoms in total. The standard InChI is InChI=1S/C15H29N3O/c1-12-10-18(11-13(2)16-12)14(3)15(19)17-8-6-4-5-7-9-17/h12-14,16H,4-11H2,1-3H3. The maximum atomic E-state index is 12.6. The quantitative estimate of drug-likeness (QED) is 0.823. The maximum Gasteiger partial charge on any atom is 0.239 e. The summed E-state index contributed by atoms with van der Waals surface area (Å²) in [5, 5.41) is 3.53. The van der Waals surface area contributed by atoms with Crippen molar-refractivity contribution in [1.82, 2.24) is 15.1 Å². The zero-order valence-electron chi connectivity index (χ0n) is 12.7. The van der Waals surface area contributed by atoms with Crippen LogP contribution < -0.4 is 5.32 Å². The number of rotatable bonds is 2. The molecule has 19 heavy (non-hydrogen) atoms. The molecule has 3 unspecified atom stereocenters. The molecule has 0 radical (unpaired) electrons. The number of carbonyl (C=O) groups is 1.